The molecule has 2 N–H and O–H groups in total. The number of fused-ring (bicyclic) bond motifs is 2. The predicted octanol–water partition coefficient (Wildman–Crippen LogP) is 3.99. The van der Waals surface area contributed by atoms with Gasteiger partial charge in [0.25, 0.3) is 5.91 Å². The number of carbonyl (C=O) groups excluding carboxylic acids is 1. The van der Waals surface area contributed by atoms with Crippen LogP contribution in [-0.4, -0.2) is 17.1 Å². The number of rotatable bonds is 2. The van der Waals surface area contributed by atoms with Gasteiger partial charge in [-0.2, -0.15) is 0 Å². The summed E-state index contributed by atoms with van der Waals surface area (Å²) in [5.74, 6) is 0.540. The van der Waals surface area contributed by atoms with E-state index in [-0.39, 0.29) is 28.5 Å². The molecule has 0 radical (unpaired) electrons. The van der Waals surface area contributed by atoms with Crippen molar-refractivity contribution in [1.29, 1.82) is 0 Å². The standard InChI is InChI=1S/C17H22ClNO2/c1-16(2)10-6-7-17(3,9-10)15(16)19-14(21)12-8-11(20)4-5-13(12)18/h4-5,8,10,15,20H,6-7,9H2,1-3H3,(H,19,21). The van der Waals surface area contributed by atoms with Crippen LogP contribution in [0.25, 0.3) is 0 Å². The molecule has 2 bridgehead atoms. The van der Waals surface area contributed by atoms with Crippen LogP contribution in [0.5, 0.6) is 5.75 Å². The first kappa shape index (κ1) is 14.7. The first-order chi connectivity index (χ1) is 9.74. The molecular formula is C17H22ClNO2. The molecule has 3 atom stereocenters. The number of carbonyl (C=O) groups is 1. The van der Waals surface area contributed by atoms with E-state index in [1.807, 2.05) is 0 Å². The maximum atomic E-state index is 12.6. The van der Waals surface area contributed by atoms with Gasteiger partial charge in [-0.3, -0.25) is 4.79 Å². The second-order valence-corrected chi connectivity index (χ2v) is 7.89. The SMILES string of the molecule is CC12CCC(C1)C(C)(C)C2NC(=O)c1cc(O)ccc1Cl. The molecule has 3 nitrogen and oxygen atoms in total. The molecule has 3 rings (SSSR count). The minimum Gasteiger partial charge on any atom is -0.508 e. The van der Waals surface area contributed by atoms with Crippen LogP contribution >= 0.6 is 11.6 Å². The van der Waals surface area contributed by atoms with Crippen LogP contribution in [-0.2, 0) is 0 Å². The van der Waals surface area contributed by atoms with Crippen molar-refractivity contribution < 1.29 is 9.90 Å². The van der Waals surface area contributed by atoms with Crippen molar-refractivity contribution in [1.82, 2.24) is 5.32 Å². The molecule has 2 aliphatic carbocycles. The van der Waals surface area contributed by atoms with Crippen molar-refractivity contribution in [3.8, 4) is 5.75 Å². The Morgan fingerprint density at radius 1 is 1.38 bits per heavy atom. The number of nitrogens with one attached hydrogen (secondary N) is 1. The van der Waals surface area contributed by atoms with Crippen LogP contribution < -0.4 is 5.32 Å². The molecule has 114 valence electrons. The highest BCUT2D eigenvalue weighted by Crippen LogP contribution is 2.62. The smallest absolute Gasteiger partial charge is 0.253 e. The Balaban J connectivity index is 1.86. The lowest BCUT2D eigenvalue weighted by atomic mass is 9.68. The largest absolute Gasteiger partial charge is 0.508 e. The number of amides is 1. The number of benzene rings is 1. The van der Waals surface area contributed by atoms with Crippen molar-refractivity contribution in [2.45, 2.75) is 46.1 Å². The third kappa shape index (κ3) is 2.22. The van der Waals surface area contributed by atoms with Gasteiger partial charge in [0.1, 0.15) is 5.75 Å². The van der Waals surface area contributed by atoms with E-state index in [9.17, 15) is 9.90 Å². The van der Waals surface area contributed by atoms with Gasteiger partial charge in [-0.15, -0.1) is 0 Å². The van der Waals surface area contributed by atoms with Crippen molar-refractivity contribution in [3.63, 3.8) is 0 Å². The molecule has 0 spiro atoms. The summed E-state index contributed by atoms with van der Waals surface area (Å²) in [6.07, 6.45) is 3.60. The molecule has 0 saturated heterocycles. The maximum Gasteiger partial charge on any atom is 0.253 e. The topological polar surface area (TPSA) is 49.3 Å². The maximum absolute atomic E-state index is 12.6. The number of hydrogen-bond acceptors (Lipinski definition) is 2. The first-order valence-corrected chi connectivity index (χ1v) is 7.91. The van der Waals surface area contributed by atoms with E-state index < -0.39 is 0 Å². The van der Waals surface area contributed by atoms with Gasteiger partial charge in [0.2, 0.25) is 0 Å². The monoisotopic (exact) mass is 307 g/mol. The van der Waals surface area contributed by atoms with Gasteiger partial charge in [-0.1, -0.05) is 32.4 Å². The van der Waals surface area contributed by atoms with Gasteiger partial charge < -0.3 is 10.4 Å². The average Bonchev–Trinajstić information content (AvgIpc) is 2.88. The minimum atomic E-state index is -0.192. The molecule has 0 heterocycles. The molecule has 1 aromatic rings. The predicted molar refractivity (Wildman–Crippen MR) is 83.6 cm³/mol. The summed E-state index contributed by atoms with van der Waals surface area (Å²) in [4.78, 5) is 12.6. The van der Waals surface area contributed by atoms with Gasteiger partial charge in [-0.25, -0.2) is 0 Å². The van der Waals surface area contributed by atoms with Crippen LogP contribution in [0.4, 0.5) is 0 Å². The lowest BCUT2D eigenvalue weighted by molar-refractivity contribution is 0.0737. The van der Waals surface area contributed by atoms with Crippen molar-refractivity contribution >= 4 is 17.5 Å². The van der Waals surface area contributed by atoms with E-state index in [4.69, 9.17) is 11.6 Å². The second-order valence-electron chi connectivity index (χ2n) is 7.49. The minimum absolute atomic E-state index is 0.0583. The number of aromatic hydroxyl groups is 1. The first-order valence-electron chi connectivity index (χ1n) is 7.53. The summed E-state index contributed by atoms with van der Waals surface area (Å²) in [5.41, 5.74) is 0.623. The van der Waals surface area contributed by atoms with Gasteiger partial charge in [0.05, 0.1) is 10.6 Å². The molecule has 1 amide bonds. The molecule has 2 aliphatic rings. The molecule has 1 aromatic carbocycles. The zero-order valence-corrected chi connectivity index (χ0v) is 13.5. The summed E-state index contributed by atoms with van der Waals surface area (Å²) >= 11 is 6.09. The van der Waals surface area contributed by atoms with Crippen LogP contribution in [0.1, 0.15) is 50.4 Å². The lowest BCUT2D eigenvalue weighted by Gasteiger charge is -2.43. The Hall–Kier alpha value is -1.22. The third-order valence-corrected chi connectivity index (χ3v) is 6.07. The van der Waals surface area contributed by atoms with Gasteiger partial charge in [0, 0.05) is 6.04 Å². The van der Waals surface area contributed by atoms with Gasteiger partial charge in [-0.05, 0) is 54.2 Å². The highest BCUT2D eigenvalue weighted by molar-refractivity contribution is 6.33. The van der Waals surface area contributed by atoms with E-state index in [0.29, 0.717) is 16.5 Å². The molecule has 2 saturated carbocycles. The summed E-state index contributed by atoms with van der Waals surface area (Å²) in [7, 11) is 0. The quantitative estimate of drug-likeness (QED) is 0.868. The number of phenols is 1. The molecule has 0 aromatic heterocycles. The fourth-order valence-corrected chi connectivity index (χ4v) is 4.76. The van der Waals surface area contributed by atoms with Crippen LogP contribution in [0.3, 0.4) is 0 Å². The molecule has 0 aliphatic heterocycles. The van der Waals surface area contributed by atoms with E-state index in [1.54, 1.807) is 6.07 Å². The van der Waals surface area contributed by atoms with Crippen LogP contribution in [0.2, 0.25) is 5.02 Å². The van der Waals surface area contributed by atoms with E-state index >= 15 is 0 Å². The normalized spacial score (nSPS) is 33.1. The van der Waals surface area contributed by atoms with E-state index in [1.165, 1.54) is 31.4 Å². The third-order valence-electron chi connectivity index (χ3n) is 5.74. The Morgan fingerprint density at radius 2 is 2.10 bits per heavy atom. The second kappa shape index (κ2) is 4.64. The summed E-state index contributed by atoms with van der Waals surface area (Å²) in [6, 6.07) is 4.62. The molecular weight excluding hydrogens is 286 g/mol. The summed E-state index contributed by atoms with van der Waals surface area (Å²) < 4.78 is 0. The highest BCUT2D eigenvalue weighted by Gasteiger charge is 2.59. The number of phenolic OH excluding ortho intramolecular Hbond substituents is 1. The lowest BCUT2D eigenvalue weighted by Crippen LogP contribution is -2.52. The molecule has 4 heteroatoms. The van der Waals surface area contributed by atoms with Crippen LogP contribution in [0, 0.1) is 16.7 Å². The van der Waals surface area contributed by atoms with Crippen molar-refractivity contribution in [2.24, 2.45) is 16.7 Å². The Bertz CT molecular complexity index is 594. The van der Waals surface area contributed by atoms with Crippen molar-refractivity contribution in [3.05, 3.63) is 28.8 Å². The highest BCUT2D eigenvalue weighted by atomic mass is 35.5. The fourth-order valence-electron chi connectivity index (χ4n) is 4.56. The summed E-state index contributed by atoms with van der Waals surface area (Å²) in [5, 5.41) is 13.1. The van der Waals surface area contributed by atoms with Crippen molar-refractivity contribution in [2.75, 3.05) is 0 Å². The van der Waals surface area contributed by atoms with Gasteiger partial charge >= 0.3 is 0 Å². The number of hydrogen-bond donors (Lipinski definition) is 2. The average molecular weight is 308 g/mol. The summed E-state index contributed by atoms with van der Waals surface area (Å²) in [6.45, 7) is 6.77. The zero-order valence-electron chi connectivity index (χ0n) is 12.7. The van der Waals surface area contributed by atoms with Crippen LogP contribution in [0.15, 0.2) is 18.2 Å². The van der Waals surface area contributed by atoms with E-state index in [2.05, 4.69) is 26.1 Å². The number of halogens is 1. The molecule has 21 heavy (non-hydrogen) atoms. The van der Waals surface area contributed by atoms with Gasteiger partial charge in [0.15, 0.2) is 0 Å². The zero-order chi connectivity index (χ0) is 15.4. The van der Waals surface area contributed by atoms with E-state index in [0.717, 1.165) is 0 Å². The molecule has 2 fully saturated rings. The Labute approximate surface area is 130 Å². The molecule has 3 unspecified atom stereocenters. The fraction of sp³-hybridized carbons (Fsp3) is 0.588. The Kier molecular flexibility index (Phi) is 3.25. The Morgan fingerprint density at radius 3 is 2.71 bits per heavy atom.